The summed E-state index contributed by atoms with van der Waals surface area (Å²) in [6.45, 7) is 3.76. The van der Waals surface area contributed by atoms with Crippen LogP contribution in [-0.4, -0.2) is 43.9 Å². The van der Waals surface area contributed by atoms with Crippen molar-refractivity contribution in [3.8, 4) is 0 Å². The lowest BCUT2D eigenvalue weighted by Gasteiger charge is -2.24. The Labute approximate surface area is 122 Å². The van der Waals surface area contributed by atoms with E-state index in [1.54, 1.807) is 0 Å². The molecule has 0 N–H and O–H groups in total. The number of hydrogen-bond acceptors (Lipinski definition) is 4. The van der Waals surface area contributed by atoms with Crippen LogP contribution in [0.15, 0.2) is 0 Å². The average Bonchev–Trinajstić information content (AvgIpc) is 3.14. The van der Waals surface area contributed by atoms with E-state index < -0.39 is 0 Å². The first-order valence-electron chi connectivity index (χ1n) is 8.44. The maximum absolute atomic E-state index is 5.98. The predicted molar refractivity (Wildman–Crippen MR) is 75.6 cm³/mol. The standard InChI is InChI=1S/C16H28O4/c1-2-3-4-5-6-7-8-9-10-17-13-12-11-18-16(19-12)15-14(13)20-15/h12-16H,2-11H2,1H3/t12-,13-,14+,15-,16-/m1/s1. The molecule has 3 aliphatic rings. The summed E-state index contributed by atoms with van der Waals surface area (Å²) >= 11 is 0. The van der Waals surface area contributed by atoms with Gasteiger partial charge in [-0.05, 0) is 6.42 Å². The molecule has 0 aromatic rings. The number of rotatable bonds is 10. The molecule has 3 heterocycles. The lowest BCUT2D eigenvalue weighted by molar-refractivity contribution is -0.118. The summed E-state index contributed by atoms with van der Waals surface area (Å²) in [5, 5.41) is 0. The van der Waals surface area contributed by atoms with Gasteiger partial charge in [0.1, 0.15) is 24.4 Å². The highest BCUT2D eigenvalue weighted by molar-refractivity contribution is 5.04. The molecule has 4 nitrogen and oxygen atoms in total. The molecule has 0 aliphatic carbocycles. The first-order chi connectivity index (χ1) is 9.90. The third kappa shape index (κ3) is 3.53. The predicted octanol–water partition coefficient (Wildman–Crippen LogP) is 3.03. The first-order valence-corrected chi connectivity index (χ1v) is 8.44. The second kappa shape index (κ2) is 7.21. The Morgan fingerprint density at radius 1 is 0.900 bits per heavy atom. The summed E-state index contributed by atoms with van der Waals surface area (Å²) in [7, 11) is 0. The Balaban J connectivity index is 1.21. The van der Waals surface area contributed by atoms with E-state index >= 15 is 0 Å². The number of hydrogen-bond donors (Lipinski definition) is 0. The summed E-state index contributed by atoms with van der Waals surface area (Å²) in [5.41, 5.74) is 0. The molecule has 0 spiro atoms. The molecule has 3 rings (SSSR count). The Hall–Kier alpha value is -0.160. The molecule has 3 fully saturated rings. The zero-order valence-electron chi connectivity index (χ0n) is 12.6. The summed E-state index contributed by atoms with van der Waals surface area (Å²) in [4.78, 5) is 0. The third-order valence-corrected chi connectivity index (χ3v) is 4.56. The fourth-order valence-electron chi connectivity index (χ4n) is 3.27. The highest BCUT2D eigenvalue weighted by Crippen LogP contribution is 2.42. The second-order valence-corrected chi connectivity index (χ2v) is 6.25. The topological polar surface area (TPSA) is 40.2 Å². The Morgan fingerprint density at radius 2 is 1.65 bits per heavy atom. The fourth-order valence-corrected chi connectivity index (χ4v) is 3.27. The molecule has 0 saturated carbocycles. The van der Waals surface area contributed by atoms with Crippen LogP contribution in [0, 0.1) is 0 Å². The van der Waals surface area contributed by atoms with Crippen molar-refractivity contribution in [1.82, 2.24) is 0 Å². The highest BCUT2D eigenvalue weighted by atomic mass is 16.8. The zero-order valence-corrected chi connectivity index (χ0v) is 12.6. The summed E-state index contributed by atoms with van der Waals surface area (Å²) in [5.74, 6) is 0. The lowest BCUT2D eigenvalue weighted by Crippen LogP contribution is -2.42. The Bertz CT molecular complexity index is 296. The lowest BCUT2D eigenvalue weighted by atomic mass is 10.1. The fraction of sp³-hybridized carbons (Fsp3) is 1.00. The van der Waals surface area contributed by atoms with Gasteiger partial charge in [-0.2, -0.15) is 0 Å². The van der Waals surface area contributed by atoms with Gasteiger partial charge in [0.25, 0.3) is 0 Å². The van der Waals surface area contributed by atoms with Gasteiger partial charge in [-0.3, -0.25) is 0 Å². The van der Waals surface area contributed by atoms with Crippen LogP contribution in [-0.2, 0) is 18.9 Å². The van der Waals surface area contributed by atoms with E-state index in [1.807, 2.05) is 0 Å². The van der Waals surface area contributed by atoms with Crippen LogP contribution in [0.1, 0.15) is 58.3 Å². The van der Waals surface area contributed by atoms with Crippen molar-refractivity contribution in [2.45, 2.75) is 89.0 Å². The van der Waals surface area contributed by atoms with Gasteiger partial charge in [0.15, 0.2) is 6.29 Å². The molecule has 5 atom stereocenters. The van der Waals surface area contributed by atoms with Crippen molar-refractivity contribution in [2.75, 3.05) is 13.2 Å². The van der Waals surface area contributed by atoms with Crippen LogP contribution >= 0.6 is 0 Å². The van der Waals surface area contributed by atoms with Gasteiger partial charge in [0.05, 0.1) is 6.61 Å². The second-order valence-electron chi connectivity index (χ2n) is 6.25. The maximum Gasteiger partial charge on any atom is 0.187 e. The molecule has 0 unspecified atom stereocenters. The summed E-state index contributed by atoms with van der Waals surface area (Å²) in [6, 6.07) is 0. The minimum Gasteiger partial charge on any atom is -0.373 e. The highest BCUT2D eigenvalue weighted by Gasteiger charge is 2.62. The van der Waals surface area contributed by atoms with Crippen molar-refractivity contribution in [1.29, 1.82) is 0 Å². The molecular formula is C16H28O4. The largest absolute Gasteiger partial charge is 0.373 e. The zero-order chi connectivity index (χ0) is 13.8. The molecule has 0 amide bonds. The normalized spacial score (nSPS) is 38.0. The van der Waals surface area contributed by atoms with Gasteiger partial charge in [0, 0.05) is 6.61 Å². The number of unbranched alkanes of at least 4 members (excludes halogenated alkanes) is 7. The van der Waals surface area contributed by atoms with Crippen LogP contribution < -0.4 is 0 Å². The molecule has 0 aromatic heterocycles. The molecule has 2 bridgehead atoms. The quantitative estimate of drug-likeness (QED) is 0.457. The smallest absolute Gasteiger partial charge is 0.187 e. The average molecular weight is 284 g/mol. The molecule has 20 heavy (non-hydrogen) atoms. The monoisotopic (exact) mass is 284 g/mol. The van der Waals surface area contributed by atoms with Crippen molar-refractivity contribution in [2.24, 2.45) is 0 Å². The van der Waals surface area contributed by atoms with Gasteiger partial charge in [-0.1, -0.05) is 51.9 Å². The van der Waals surface area contributed by atoms with Crippen molar-refractivity contribution < 1.29 is 18.9 Å². The minimum atomic E-state index is -0.118. The summed E-state index contributed by atoms with van der Waals surface area (Å²) in [6.07, 6.45) is 11.1. The third-order valence-electron chi connectivity index (χ3n) is 4.56. The van der Waals surface area contributed by atoms with E-state index in [2.05, 4.69) is 6.92 Å². The van der Waals surface area contributed by atoms with Gasteiger partial charge < -0.3 is 18.9 Å². The first kappa shape index (κ1) is 14.8. The number of ether oxygens (including phenoxy) is 4. The van der Waals surface area contributed by atoms with Crippen molar-refractivity contribution in [3.05, 3.63) is 0 Å². The van der Waals surface area contributed by atoms with Crippen LogP contribution in [0.25, 0.3) is 0 Å². The van der Waals surface area contributed by atoms with Gasteiger partial charge in [-0.15, -0.1) is 0 Å². The van der Waals surface area contributed by atoms with Gasteiger partial charge >= 0.3 is 0 Å². The molecule has 0 radical (unpaired) electrons. The van der Waals surface area contributed by atoms with Crippen LogP contribution in [0.5, 0.6) is 0 Å². The van der Waals surface area contributed by atoms with E-state index in [-0.39, 0.29) is 30.7 Å². The minimum absolute atomic E-state index is 0.0952. The van der Waals surface area contributed by atoms with E-state index in [9.17, 15) is 0 Å². The molecule has 116 valence electrons. The molecule has 3 aliphatic heterocycles. The van der Waals surface area contributed by atoms with Gasteiger partial charge in [0.2, 0.25) is 0 Å². The number of fused-ring (bicyclic) bond motifs is 4. The maximum atomic E-state index is 5.98. The molecule has 4 heteroatoms. The molecule has 3 saturated heterocycles. The van der Waals surface area contributed by atoms with Crippen LogP contribution in [0.3, 0.4) is 0 Å². The number of epoxide rings is 1. The van der Waals surface area contributed by atoms with Crippen molar-refractivity contribution in [3.63, 3.8) is 0 Å². The van der Waals surface area contributed by atoms with E-state index in [4.69, 9.17) is 18.9 Å². The summed E-state index contributed by atoms with van der Waals surface area (Å²) < 4.78 is 22.8. The van der Waals surface area contributed by atoms with E-state index in [1.165, 1.54) is 44.9 Å². The Morgan fingerprint density at radius 3 is 2.45 bits per heavy atom. The van der Waals surface area contributed by atoms with Crippen molar-refractivity contribution >= 4 is 0 Å². The van der Waals surface area contributed by atoms with E-state index in [0.717, 1.165) is 13.0 Å². The van der Waals surface area contributed by atoms with E-state index in [0.29, 0.717) is 6.61 Å². The van der Waals surface area contributed by atoms with Gasteiger partial charge in [-0.25, -0.2) is 0 Å². The molecule has 0 aromatic carbocycles. The Kier molecular flexibility index (Phi) is 5.32. The molecular weight excluding hydrogens is 256 g/mol. The SMILES string of the molecule is CCCCCCCCCCO[C@H]1[C@@H]2O[C@H]2[C@@H]2OC[C@H]1O2. The van der Waals surface area contributed by atoms with Crippen LogP contribution in [0.4, 0.5) is 0 Å². The van der Waals surface area contributed by atoms with Crippen LogP contribution in [0.2, 0.25) is 0 Å².